The number of nitrogens with one attached hydrogen (secondary N) is 1. The summed E-state index contributed by atoms with van der Waals surface area (Å²) >= 11 is 0. The first-order chi connectivity index (χ1) is 9.25. The molecule has 0 aliphatic rings. The standard InChI is InChI=1S/C13H20N2O4S/c1-10-11(13(16)17)6-4-7-12(10)20(18,19)14-8-5-9-15(2)3/h4,6-7,14H,5,8-9H2,1-3H3,(H,16,17). The van der Waals surface area contributed by atoms with Crippen LogP contribution in [0.2, 0.25) is 0 Å². The largest absolute Gasteiger partial charge is 0.478 e. The van der Waals surface area contributed by atoms with Crippen LogP contribution in [-0.4, -0.2) is 51.6 Å². The molecule has 0 fully saturated rings. The number of rotatable bonds is 7. The lowest BCUT2D eigenvalue weighted by Gasteiger charge is -2.12. The first-order valence-electron chi connectivity index (χ1n) is 6.23. The Bertz CT molecular complexity index is 582. The quantitative estimate of drug-likeness (QED) is 0.731. The topological polar surface area (TPSA) is 86.7 Å². The Labute approximate surface area is 119 Å². The number of hydrogen-bond acceptors (Lipinski definition) is 4. The van der Waals surface area contributed by atoms with E-state index in [0.29, 0.717) is 13.0 Å². The third-order valence-corrected chi connectivity index (χ3v) is 4.48. The van der Waals surface area contributed by atoms with E-state index in [1.807, 2.05) is 19.0 Å². The van der Waals surface area contributed by atoms with E-state index in [4.69, 9.17) is 5.11 Å². The fourth-order valence-electron chi connectivity index (χ4n) is 1.82. The predicted molar refractivity (Wildman–Crippen MR) is 76.5 cm³/mol. The van der Waals surface area contributed by atoms with Crippen molar-refractivity contribution in [3.63, 3.8) is 0 Å². The van der Waals surface area contributed by atoms with Crippen molar-refractivity contribution in [2.75, 3.05) is 27.2 Å². The minimum Gasteiger partial charge on any atom is -0.478 e. The number of carboxylic acid groups (broad SMARTS) is 1. The molecule has 0 unspecified atom stereocenters. The SMILES string of the molecule is Cc1c(C(=O)O)cccc1S(=O)(=O)NCCCN(C)C. The molecule has 0 radical (unpaired) electrons. The summed E-state index contributed by atoms with van der Waals surface area (Å²) in [5.41, 5.74) is 0.251. The zero-order valence-corrected chi connectivity index (χ0v) is 12.7. The summed E-state index contributed by atoms with van der Waals surface area (Å²) < 4.78 is 26.8. The van der Waals surface area contributed by atoms with Crippen LogP contribution in [0.15, 0.2) is 23.1 Å². The number of sulfonamides is 1. The number of carbonyl (C=O) groups is 1. The lowest BCUT2D eigenvalue weighted by atomic mass is 10.1. The molecule has 20 heavy (non-hydrogen) atoms. The second-order valence-electron chi connectivity index (χ2n) is 4.79. The number of benzene rings is 1. The van der Waals surface area contributed by atoms with E-state index in [-0.39, 0.29) is 16.0 Å². The smallest absolute Gasteiger partial charge is 0.335 e. The Morgan fingerprint density at radius 3 is 2.55 bits per heavy atom. The summed E-state index contributed by atoms with van der Waals surface area (Å²) in [6.07, 6.45) is 0.684. The van der Waals surface area contributed by atoms with Crippen LogP contribution < -0.4 is 4.72 Å². The maximum atomic E-state index is 12.2. The number of carboxylic acids is 1. The van der Waals surface area contributed by atoms with E-state index in [9.17, 15) is 13.2 Å². The van der Waals surface area contributed by atoms with Crippen molar-refractivity contribution >= 4 is 16.0 Å². The van der Waals surface area contributed by atoms with Crippen LogP contribution >= 0.6 is 0 Å². The molecule has 1 aromatic rings. The van der Waals surface area contributed by atoms with Gasteiger partial charge in [0, 0.05) is 6.54 Å². The molecule has 2 N–H and O–H groups in total. The van der Waals surface area contributed by atoms with Crippen LogP contribution in [-0.2, 0) is 10.0 Å². The van der Waals surface area contributed by atoms with E-state index >= 15 is 0 Å². The molecule has 0 saturated carbocycles. The van der Waals surface area contributed by atoms with E-state index in [0.717, 1.165) is 6.54 Å². The van der Waals surface area contributed by atoms with Gasteiger partial charge < -0.3 is 10.0 Å². The number of aromatic carboxylic acids is 1. The fourth-order valence-corrected chi connectivity index (χ4v) is 3.16. The van der Waals surface area contributed by atoms with Gasteiger partial charge in [-0.2, -0.15) is 0 Å². The fraction of sp³-hybridized carbons (Fsp3) is 0.462. The first kappa shape index (κ1) is 16.6. The Morgan fingerprint density at radius 1 is 1.35 bits per heavy atom. The first-order valence-corrected chi connectivity index (χ1v) is 7.71. The summed E-state index contributed by atoms with van der Waals surface area (Å²) in [5.74, 6) is -1.13. The molecule has 0 aromatic heterocycles. The van der Waals surface area contributed by atoms with Crippen LogP contribution in [0.25, 0.3) is 0 Å². The molecule has 0 aliphatic carbocycles. The highest BCUT2D eigenvalue weighted by atomic mass is 32.2. The van der Waals surface area contributed by atoms with Gasteiger partial charge in [-0.15, -0.1) is 0 Å². The van der Waals surface area contributed by atoms with Gasteiger partial charge in [0.1, 0.15) is 0 Å². The Morgan fingerprint density at radius 2 is 2.00 bits per heavy atom. The maximum Gasteiger partial charge on any atom is 0.335 e. The zero-order chi connectivity index (χ0) is 15.3. The number of hydrogen-bond donors (Lipinski definition) is 2. The molecular formula is C13H20N2O4S. The average Bonchev–Trinajstić information content (AvgIpc) is 2.34. The normalized spacial score (nSPS) is 11.8. The van der Waals surface area contributed by atoms with Gasteiger partial charge in [0.15, 0.2) is 0 Å². The van der Waals surface area contributed by atoms with Crippen LogP contribution in [0.3, 0.4) is 0 Å². The summed E-state index contributed by atoms with van der Waals surface area (Å²) in [4.78, 5) is 13.0. The molecule has 0 amide bonds. The van der Waals surface area contributed by atoms with Crippen molar-refractivity contribution in [1.29, 1.82) is 0 Å². The van der Waals surface area contributed by atoms with Gasteiger partial charge in [-0.1, -0.05) is 6.07 Å². The highest BCUT2D eigenvalue weighted by Crippen LogP contribution is 2.18. The molecular weight excluding hydrogens is 280 g/mol. The minimum absolute atomic E-state index is 0.00108. The van der Waals surface area contributed by atoms with E-state index in [1.165, 1.54) is 25.1 Å². The molecule has 0 atom stereocenters. The summed E-state index contributed by atoms with van der Waals surface area (Å²) in [5, 5.41) is 9.01. The summed E-state index contributed by atoms with van der Waals surface area (Å²) in [7, 11) is 0.147. The Balaban J connectivity index is 2.88. The van der Waals surface area contributed by atoms with Crippen molar-refractivity contribution in [1.82, 2.24) is 9.62 Å². The molecule has 6 nitrogen and oxygen atoms in total. The lowest BCUT2D eigenvalue weighted by Crippen LogP contribution is -2.28. The zero-order valence-electron chi connectivity index (χ0n) is 11.9. The Kier molecular flexibility index (Phi) is 5.67. The van der Waals surface area contributed by atoms with E-state index in [2.05, 4.69) is 4.72 Å². The van der Waals surface area contributed by atoms with Gasteiger partial charge in [-0.25, -0.2) is 17.9 Å². The lowest BCUT2D eigenvalue weighted by molar-refractivity contribution is 0.0696. The van der Waals surface area contributed by atoms with Crippen molar-refractivity contribution in [2.45, 2.75) is 18.2 Å². The second-order valence-corrected chi connectivity index (χ2v) is 6.52. The van der Waals surface area contributed by atoms with Gasteiger partial charge in [0.05, 0.1) is 10.5 Å². The molecule has 0 spiro atoms. The van der Waals surface area contributed by atoms with E-state index < -0.39 is 16.0 Å². The third kappa shape index (κ3) is 4.29. The van der Waals surface area contributed by atoms with Gasteiger partial charge >= 0.3 is 5.97 Å². The second kappa shape index (κ2) is 6.83. The molecule has 112 valence electrons. The average molecular weight is 300 g/mol. The van der Waals surface area contributed by atoms with Gasteiger partial charge in [0.25, 0.3) is 0 Å². The van der Waals surface area contributed by atoms with E-state index in [1.54, 1.807) is 0 Å². The molecule has 0 saturated heterocycles. The van der Waals surface area contributed by atoms with Crippen LogP contribution in [0.4, 0.5) is 0 Å². The molecule has 0 aliphatic heterocycles. The Hall–Kier alpha value is -1.44. The highest BCUT2D eigenvalue weighted by molar-refractivity contribution is 7.89. The monoisotopic (exact) mass is 300 g/mol. The summed E-state index contributed by atoms with van der Waals surface area (Å²) in [6.45, 7) is 2.59. The van der Waals surface area contributed by atoms with Crippen molar-refractivity contribution in [3.05, 3.63) is 29.3 Å². The predicted octanol–water partition coefficient (Wildman–Crippen LogP) is 0.923. The van der Waals surface area contributed by atoms with Crippen LogP contribution in [0.5, 0.6) is 0 Å². The molecule has 1 rings (SSSR count). The van der Waals surface area contributed by atoms with Gasteiger partial charge in [-0.05, 0) is 51.7 Å². The minimum atomic E-state index is -3.68. The molecule has 1 aromatic carbocycles. The molecule has 0 bridgehead atoms. The van der Waals surface area contributed by atoms with Gasteiger partial charge in [0.2, 0.25) is 10.0 Å². The summed E-state index contributed by atoms with van der Waals surface area (Å²) in [6, 6.07) is 4.24. The van der Waals surface area contributed by atoms with Crippen molar-refractivity contribution in [3.8, 4) is 0 Å². The van der Waals surface area contributed by atoms with Crippen LogP contribution in [0.1, 0.15) is 22.3 Å². The van der Waals surface area contributed by atoms with Crippen LogP contribution in [0, 0.1) is 6.92 Å². The third-order valence-electron chi connectivity index (χ3n) is 2.88. The number of nitrogens with zero attached hydrogens (tertiary/aromatic N) is 1. The molecule has 7 heteroatoms. The van der Waals surface area contributed by atoms with Crippen molar-refractivity contribution < 1.29 is 18.3 Å². The maximum absolute atomic E-state index is 12.2. The molecule has 0 heterocycles. The van der Waals surface area contributed by atoms with Gasteiger partial charge in [-0.3, -0.25) is 0 Å². The highest BCUT2D eigenvalue weighted by Gasteiger charge is 2.20. The van der Waals surface area contributed by atoms with Crippen molar-refractivity contribution in [2.24, 2.45) is 0 Å².